The lowest BCUT2D eigenvalue weighted by Gasteiger charge is -2.18. The van der Waals surface area contributed by atoms with Crippen molar-refractivity contribution in [2.45, 2.75) is 66.2 Å². The Morgan fingerprint density at radius 1 is 0.562 bits per heavy atom. The molecule has 172 valence electrons. The van der Waals surface area contributed by atoms with Gasteiger partial charge in [-0.05, 0) is 41.0 Å². The lowest BCUT2D eigenvalue weighted by atomic mass is 9.87. The summed E-state index contributed by atoms with van der Waals surface area (Å²) in [6, 6.07) is 24.9. The van der Waals surface area contributed by atoms with Crippen molar-refractivity contribution in [1.82, 2.24) is 4.98 Å². The van der Waals surface area contributed by atoms with Crippen LogP contribution in [0.2, 0.25) is 0 Å². The van der Waals surface area contributed by atoms with E-state index in [1.807, 2.05) is 19.1 Å². The van der Waals surface area contributed by atoms with Crippen LogP contribution in [0, 0.1) is 13.8 Å². The molecule has 0 spiro atoms. The van der Waals surface area contributed by atoms with Crippen molar-refractivity contribution in [3.05, 3.63) is 114 Å². The number of aromatic nitrogens is 1. The van der Waals surface area contributed by atoms with Crippen LogP contribution >= 0.6 is 0 Å². The van der Waals surface area contributed by atoms with E-state index >= 15 is 0 Å². The van der Waals surface area contributed by atoms with Crippen molar-refractivity contribution >= 4 is 0 Å². The number of hydrogen-bond donors (Lipinski definition) is 0. The van der Waals surface area contributed by atoms with Gasteiger partial charge in [-0.2, -0.15) is 0 Å². The molecule has 4 aromatic rings. The summed E-state index contributed by atoms with van der Waals surface area (Å²) < 4.78 is 9.56. The lowest BCUT2D eigenvalue weighted by Crippen LogP contribution is -2.10. The Labute approximate surface area is 194 Å². The Kier molecular flexibility index (Phi) is 11.3. The second-order valence-corrected chi connectivity index (χ2v) is 9.51. The second-order valence-electron chi connectivity index (χ2n) is 9.51. The van der Waals surface area contributed by atoms with Crippen LogP contribution in [0.5, 0.6) is 0 Å². The van der Waals surface area contributed by atoms with Gasteiger partial charge in [-0.15, -0.1) is 0 Å². The normalized spacial score (nSPS) is 10.5. The van der Waals surface area contributed by atoms with E-state index in [-0.39, 0.29) is 0 Å². The topological polar surface area (TPSA) is 39.2 Å². The first kappa shape index (κ1) is 27.0. The van der Waals surface area contributed by atoms with Crippen molar-refractivity contribution in [2.75, 3.05) is 0 Å². The zero-order valence-electron chi connectivity index (χ0n) is 20.9. The van der Waals surface area contributed by atoms with Crippen LogP contribution in [0.25, 0.3) is 0 Å². The van der Waals surface area contributed by atoms with Gasteiger partial charge >= 0.3 is 0 Å². The highest BCUT2D eigenvalue weighted by molar-refractivity contribution is 5.22. The highest BCUT2D eigenvalue weighted by Gasteiger charge is 2.12. The summed E-state index contributed by atoms with van der Waals surface area (Å²) in [4.78, 5) is 3.75. The maximum absolute atomic E-state index is 4.83. The van der Waals surface area contributed by atoms with E-state index in [1.165, 1.54) is 11.1 Å². The van der Waals surface area contributed by atoms with E-state index in [9.17, 15) is 0 Å². The molecule has 0 saturated carbocycles. The van der Waals surface area contributed by atoms with Crippen molar-refractivity contribution in [1.29, 1.82) is 0 Å². The molecule has 2 aromatic heterocycles. The number of hydrogen-bond acceptors (Lipinski definition) is 3. The molecule has 0 saturated heterocycles. The first-order valence-electron chi connectivity index (χ1n) is 11.0. The van der Waals surface area contributed by atoms with E-state index in [4.69, 9.17) is 8.83 Å². The van der Waals surface area contributed by atoms with Gasteiger partial charge in [-0.3, -0.25) is 0 Å². The Hall–Kier alpha value is -3.07. The van der Waals surface area contributed by atoms with Gasteiger partial charge in [0.2, 0.25) is 0 Å². The van der Waals surface area contributed by atoms with E-state index in [2.05, 4.69) is 107 Å². The Bertz CT molecular complexity index is 846. The molecule has 0 bridgehead atoms. The molecular weight excluding hydrogens is 394 g/mol. The van der Waals surface area contributed by atoms with Gasteiger partial charge in [0.05, 0.1) is 12.5 Å². The van der Waals surface area contributed by atoms with Crippen molar-refractivity contribution < 1.29 is 8.83 Å². The predicted octanol–water partition coefficient (Wildman–Crippen LogP) is 8.54. The van der Waals surface area contributed by atoms with Crippen LogP contribution in [0.4, 0.5) is 0 Å². The molecule has 0 fully saturated rings. The van der Waals surface area contributed by atoms with Gasteiger partial charge in [0.1, 0.15) is 12.0 Å². The van der Waals surface area contributed by atoms with Gasteiger partial charge in [0.15, 0.2) is 5.89 Å². The average Bonchev–Trinajstić information content (AvgIpc) is 3.43. The molecule has 0 unspecified atom stereocenters. The molecule has 0 aliphatic rings. The first-order valence-corrected chi connectivity index (χ1v) is 11.0. The number of nitrogens with zero attached hydrogens (tertiary/aromatic N) is 1. The zero-order valence-corrected chi connectivity index (χ0v) is 20.9. The molecule has 0 amide bonds. The lowest BCUT2D eigenvalue weighted by molar-refractivity contribution is 0.521. The fraction of sp³-hybridized carbons (Fsp3) is 0.345. The van der Waals surface area contributed by atoms with Crippen LogP contribution < -0.4 is 0 Å². The van der Waals surface area contributed by atoms with Crippen LogP contribution in [-0.2, 0) is 10.8 Å². The number of aryl methyl sites for hydroxylation is 2. The number of rotatable bonds is 0. The summed E-state index contributed by atoms with van der Waals surface area (Å²) in [6.45, 7) is 17.1. The summed E-state index contributed by atoms with van der Waals surface area (Å²) in [5.41, 5.74) is 3.38. The fourth-order valence-corrected chi connectivity index (χ4v) is 2.53. The SMILES string of the molecule is CC(C)(C)c1ccccc1.CC(C)(C)c1ccccc1.Cc1ccco1.Cc1ncco1. The molecule has 3 heteroatoms. The van der Waals surface area contributed by atoms with Gasteiger partial charge in [0.25, 0.3) is 0 Å². The van der Waals surface area contributed by atoms with E-state index in [0.29, 0.717) is 10.8 Å². The van der Waals surface area contributed by atoms with Crippen molar-refractivity contribution in [2.24, 2.45) is 0 Å². The van der Waals surface area contributed by atoms with Crippen LogP contribution in [-0.4, -0.2) is 4.98 Å². The maximum Gasteiger partial charge on any atom is 0.190 e. The minimum Gasteiger partial charge on any atom is -0.470 e. The third-order valence-electron chi connectivity index (χ3n) is 4.50. The summed E-state index contributed by atoms with van der Waals surface area (Å²) in [5, 5.41) is 0. The summed E-state index contributed by atoms with van der Waals surface area (Å²) in [5.74, 6) is 1.69. The van der Waals surface area contributed by atoms with Gasteiger partial charge in [-0.25, -0.2) is 4.98 Å². The molecule has 0 N–H and O–H groups in total. The van der Waals surface area contributed by atoms with Gasteiger partial charge in [0, 0.05) is 6.92 Å². The highest BCUT2D eigenvalue weighted by atomic mass is 16.3. The molecule has 0 aliphatic heterocycles. The standard InChI is InChI=1S/2C10H14.C5H6O.C4H5NO/c2*1-10(2,3)9-7-5-4-6-8-9;1-5-3-2-4-6-5;1-4-5-2-3-6-4/h2*4-8H,1-3H3;2-4H,1H3;2-3H,1H3. The minimum absolute atomic E-state index is 0.293. The Morgan fingerprint density at radius 3 is 1.19 bits per heavy atom. The second kappa shape index (κ2) is 13.4. The van der Waals surface area contributed by atoms with Gasteiger partial charge in [-0.1, -0.05) is 102 Å². The smallest absolute Gasteiger partial charge is 0.190 e. The Balaban J connectivity index is 0.000000219. The number of oxazole rings is 1. The van der Waals surface area contributed by atoms with Gasteiger partial charge < -0.3 is 8.83 Å². The van der Waals surface area contributed by atoms with E-state index < -0.39 is 0 Å². The monoisotopic (exact) mass is 433 g/mol. The first-order chi connectivity index (χ1) is 15.0. The molecule has 2 heterocycles. The van der Waals surface area contributed by atoms with Crippen LogP contribution in [0.3, 0.4) is 0 Å². The summed E-state index contributed by atoms with van der Waals surface area (Å²) in [7, 11) is 0. The fourth-order valence-electron chi connectivity index (χ4n) is 2.53. The number of furan rings is 1. The van der Waals surface area contributed by atoms with E-state index in [1.54, 1.807) is 25.6 Å². The van der Waals surface area contributed by atoms with E-state index in [0.717, 1.165) is 11.7 Å². The number of benzene rings is 2. The highest BCUT2D eigenvalue weighted by Crippen LogP contribution is 2.21. The summed E-state index contributed by atoms with van der Waals surface area (Å²) >= 11 is 0. The minimum atomic E-state index is 0.293. The third-order valence-corrected chi connectivity index (χ3v) is 4.50. The van der Waals surface area contributed by atoms with Crippen LogP contribution in [0.1, 0.15) is 64.3 Å². The third kappa shape index (κ3) is 11.9. The Morgan fingerprint density at radius 2 is 1.03 bits per heavy atom. The molecule has 0 aliphatic carbocycles. The molecule has 32 heavy (non-hydrogen) atoms. The van der Waals surface area contributed by atoms with Crippen LogP contribution in [0.15, 0.2) is 100 Å². The average molecular weight is 434 g/mol. The zero-order chi connectivity index (χ0) is 24.0. The predicted molar refractivity (Wildman–Crippen MR) is 135 cm³/mol. The molecule has 3 nitrogen and oxygen atoms in total. The molecule has 4 rings (SSSR count). The van der Waals surface area contributed by atoms with Crippen molar-refractivity contribution in [3.8, 4) is 0 Å². The van der Waals surface area contributed by atoms with Crippen molar-refractivity contribution in [3.63, 3.8) is 0 Å². The molecule has 0 radical (unpaired) electrons. The summed E-state index contributed by atoms with van der Waals surface area (Å²) in [6.07, 6.45) is 4.83. The largest absolute Gasteiger partial charge is 0.470 e. The maximum atomic E-state index is 4.83. The molecule has 2 aromatic carbocycles. The quantitative estimate of drug-likeness (QED) is 0.279. The molecule has 0 atom stereocenters. The molecular formula is C29H39NO2.